The zero-order chi connectivity index (χ0) is 18.5. The molecule has 0 aliphatic carbocycles. The Balaban J connectivity index is 0.000000195. The lowest BCUT2D eigenvalue weighted by molar-refractivity contribution is -0.116. The Hall–Kier alpha value is -2.67. The van der Waals surface area contributed by atoms with E-state index in [2.05, 4.69) is 38.1 Å². The third-order valence-electron chi connectivity index (χ3n) is 3.45. The number of ketones is 1. The van der Waals surface area contributed by atoms with Gasteiger partial charge in [0, 0.05) is 6.42 Å². The third-order valence-corrected chi connectivity index (χ3v) is 3.45. The smallest absolute Gasteiger partial charge is 0.134 e. The van der Waals surface area contributed by atoms with Gasteiger partial charge in [0.05, 0.1) is 0 Å². The number of rotatable bonds is 2. The van der Waals surface area contributed by atoms with Gasteiger partial charge in [-0.15, -0.1) is 0 Å². The van der Waals surface area contributed by atoms with Gasteiger partial charge in [0.2, 0.25) is 0 Å². The number of carbonyl (C=O) groups excluding carboxylic acids is 1. The van der Waals surface area contributed by atoms with Gasteiger partial charge in [0.25, 0.3) is 0 Å². The third kappa shape index (κ3) is 10.7. The van der Waals surface area contributed by atoms with Crippen LogP contribution >= 0.6 is 0 Å². The predicted molar refractivity (Wildman–Crippen MR) is 108 cm³/mol. The summed E-state index contributed by atoms with van der Waals surface area (Å²) >= 11 is 0. The van der Waals surface area contributed by atoms with E-state index >= 15 is 0 Å². The molecule has 0 radical (unpaired) electrons. The number of Topliss-reactive ketones (excluding diaryl/α,β-unsaturated/α-hetero) is 1. The van der Waals surface area contributed by atoms with Crippen LogP contribution in [0.4, 0.5) is 0 Å². The maximum atomic E-state index is 10.7. The second-order valence-electron chi connectivity index (χ2n) is 6.17. The second kappa shape index (κ2) is 11.8. The molecule has 0 heterocycles. The Morgan fingerprint density at radius 3 is 1.24 bits per heavy atom. The van der Waals surface area contributed by atoms with Crippen LogP contribution in [0.5, 0.6) is 0 Å². The van der Waals surface area contributed by atoms with Crippen LogP contribution in [0.25, 0.3) is 0 Å². The molecule has 3 aromatic carbocycles. The molecule has 0 amide bonds. The molecule has 1 heteroatoms. The minimum atomic E-state index is 0.217. The van der Waals surface area contributed by atoms with E-state index in [1.165, 1.54) is 16.7 Å². The van der Waals surface area contributed by atoms with Gasteiger partial charge >= 0.3 is 0 Å². The fraction of sp³-hybridized carbons (Fsp3) is 0.208. The zero-order valence-corrected chi connectivity index (χ0v) is 15.7. The van der Waals surface area contributed by atoms with Crippen LogP contribution in [0, 0.1) is 20.8 Å². The highest BCUT2D eigenvalue weighted by molar-refractivity contribution is 5.78. The van der Waals surface area contributed by atoms with Crippen LogP contribution in [-0.4, -0.2) is 5.78 Å². The van der Waals surface area contributed by atoms with Crippen molar-refractivity contribution >= 4 is 5.78 Å². The summed E-state index contributed by atoms with van der Waals surface area (Å²) in [5.74, 6) is 0.217. The molecule has 0 aliphatic heterocycles. The standard InChI is InChI=1S/C10H12O.2C7H8/c1-8-3-5-10(6-4-8)7-9(2)11;2*1-7-5-3-2-4-6-7/h3-6H,7H2,1-2H3;2*2-6H,1H3. The lowest BCUT2D eigenvalue weighted by Crippen LogP contribution is -1.95. The average molecular weight is 332 g/mol. The van der Waals surface area contributed by atoms with Gasteiger partial charge in [-0.05, 0) is 33.3 Å². The molecule has 130 valence electrons. The van der Waals surface area contributed by atoms with Crippen LogP contribution in [0.15, 0.2) is 84.9 Å². The molecule has 1 nitrogen and oxygen atoms in total. The van der Waals surface area contributed by atoms with Crippen molar-refractivity contribution < 1.29 is 4.79 Å². The fourth-order valence-electron chi connectivity index (χ4n) is 2.06. The molecule has 0 fully saturated rings. The van der Waals surface area contributed by atoms with Gasteiger partial charge in [0.1, 0.15) is 5.78 Å². The summed E-state index contributed by atoms with van der Waals surface area (Å²) in [7, 11) is 0. The number of benzene rings is 3. The summed E-state index contributed by atoms with van der Waals surface area (Å²) in [5, 5.41) is 0. The zero-order valence-electron chi connectivity index (χ0n) is 15.7. The Labute approximate surface area is 152 Å². The van der Waals surface area contributed by atoms with E-state index in [0.717, 1.165) is 5.56 Å². The first-order valence-corrected chi connectivity index (χ1v) is 8.55. The summed E-state index contributed by atoms with van der Waals surface area (Å²) in [6, 6.07) is 28.6. The summed E-state index contributed by atoms with van der Waals surface area (Å²) < 4.78 is 0. The number of aryl methyl sites for hydroxylation is 3. The molecular weight excluding hydrogens is 304 g/mol. The van der Waals surface area contributed by atoms with Gasteiger partial charge in [-0.3, -0.25) is 4.79 Å². The Bertz CT molecular complexity index is 676. The number of hydrogen-bond donors (Lipinski definition) is 0. The summed E-state index contributed by atoms with van der Waals surface area (Å²) in [4.78, 5) is 10.7. The first kappa shape index (κ1) is 20.4. The predicted octanol–water partition coefficient (Wildman–Crippen LogP) is 6.12. The summed E-state index contributed by atoms with van der Waals surface area (Å²) in [6.45, 7) is 7.82. The van der Waals surface area contributed by atoms with Crippen molar-refractivity contribution in [3.05, 3.63) is 107 Å². The highest BCUT2D eigenvalue weighted by atomic mass is 16.1. The molecule has 3 aromatic rings. The Morgan fingerprint density at radius 2 is 0.960 bits per heavy atom. The lowest BCUT2D eigenvalue weighted by Gasteiger charge is -1.96. The molecule has 25 heavy (non-hydrogen) atoms. The van der Waals surface area contributed by atoms with Gasteiger partial charge in [-0.2, -0.15) is 0 Å². The van der Waals surface area contributed by atoms with Crippen molar-refractivity contribution in [3.63, 3.8) is 0 Å². The van der Waals surface area contributed by atoms with Gasteiger partial charge in [0.15, 0.2) is 0 Å². The van der Waals surface area contributed by atoms with Crippen LogP contribution in [0.3, 0.4) is 0 Å². The minimum Gasteiger partial charge on any atom is -0.300 e. The molecule has 0 bridgehead atoms. The number of carbonyl (C=O) groups is 1. The van der Waals surface area contributed by atoms with Crippen molar-refractivity contribution in [1.82, 2.24) is 0 Å². The Kier molecular flexibility index (Phi) is 9.62. The second-order valence-corrected chi connectivity index (χ2v) is 6.17. The van der Waals surface area contributed by atoms with Crippen molar-refractivity contribution in [3.8, 4) is 0 Å². The normalized spacial score (nSPS) is 9.12. The topological polar surface area (TPSA) is 17.1 Å². The first-order chi connectivity index (χ1) is 12.0. The Morgan fingerprint density at radius 1 is 0.600 bits per heavy atom. The molecular formula is C24H28O. The minimum absolute atomic E-state index is 0.217. The highest BCUT2D eigenvalue weighted by Gasteiger charge is 1.95. The molecule has 0 unspecified atom stereocenters. The largest absolute Gasteiger partial charge is 0.300 e. The average Bonchev–Trinajstić information content (AvgIpc) is 2.59. The molecule has 0 aliphatic rings. The van der Waals surface area contributed by atoms with Gasteiger partial charge < -0.3 is 0 Å². The lowest BCUT2D eigenvalue weighted by atomic mass is 10.1. The number of hydrogen-bond acceptors (Lipinski definition) is 1. The fourth-order valence-corrected chi connectivity index (χ4v) is 2.06. The van der Waals surface area contributed by atoms with Crippen LogP contribution in [-0.2, 0) is 11.2 Å². The molecule has 0 aromatic heterocycles. The molecule has 0 spiro atoms. The van der Waals surface area contributed by atoms with Crippen molar-refractivity contribution in [2.24, 2.45) is 0 Å². The van der Waals surface area contributed by atoms with E-state index < -0.39 is 0 Å². The van der Waals surface area contributed by atoms with E-state index in [1.54, 1.807) is 6.92 Å². The molecule has 3 rings (SSSR count). The summed E-state index contributed by atoms with van der Waals surface area (Å²) in [5.41, 5.74) is 4.98. The maximum Gasteiger partial charge on any atom is 0.134 e. The SMILES string of the molecule is CC(=O)Cc1ccc(C)cc1.Cc1ccccc1.Cc1ccccc1. The maximum absolute atomic E-state index is 10.7. The molecule has 0 saturated carbocycles. The van der Waals surface area contributed by atoms with E-state index in [9.17, 15) is 4.79 Å². The van der Waals surface area contributed by atoms with Crippen LogP contribution in [0.2, 0.25) is 0 Å². The quantitative estimate of drug-likeness (QED) is 0.553. The van der Waals surface area contributed by atoms with Crippen molar-refractivity contribution in [2.75, 3.05) is 0 Å². The van der Waals surface area contributed by atoms with Crippen LogP contribution in [0.1, 0.15) is 29.2 Å². The molecule has 0 atom stereocenters. The van der Waals surface area contributed by atoms with E-state index in [1.807, 2.05) is 67.6 Å². The van der Waals surface area contributed by atoms with Crippen molar-refractivity contribution in [1.29, 1.82) is 0 Å². The molecule has 0 N–H and O–H groups in total. The molecule has 0 saturated heterocycles. The van der Waals surface area contributed by atoms with Crippen LogP contribution < -0.4 is 0 Å². The summed E-state index contributed by atoms with van der Waals surface area (Å²) in [6.07, 6.45) is 0.556. The van der Waals surface area contributed by atoms with Crippen molar-refractivity contribution in [2.45, 2.75) is 34.1 Å². The first-order valence-electron chi connectivity index (χ1n) is 8.55. The van der Waals surface area contributed by atoms with Gasteiger partial charge in [-0.25, -0.2) is 0 Å². The monoisotopic (exact) mass is 332 g/mol. The van der Waals surface area contributed by atoms with E-state index in [4.69, 9.17) is 0 Å². The van der Waals surface area contributed by atoms with E-state index in [-0.39, 0.29) is 5.78 Å². The van der Waals surface area contributed by atoms with E-state index in [0.29, 0.717) is 6.42 Å². The highest BCUT2D eigenvalue weighted by Crippen LogP contribution is 2.03. The van der Waals surface area contributed by atoms with Gasteiger partial charge in [-0.1, -0.05) is 102 Å².